The van der Waals surface area contributed by atoms with Crippen LogP contribution in [0.5, 0.6) is 0 Å². The van der Waals surface area contributed by atoms with Gasteiger partial charge in [-0.25, -0.2) is 13.2 Å². The molecule has 694 valence electrons. The van der Waals surface area contributed by atoms with E-state index in [4.69, 9.17) is 0 Å². The zero-order valence-corrected chi connectivity index (χ0v) is 87.7. The van der Waals surface area contributed by atoms with Crippen molar-refractivity contribution >= 4 is 112 Å². The third kappa shape index (κ3) is 18.5. The fraction of sp³-hybridized carbons (Fsp3) is 0.350. The van der Waals surface area contributed by atoms with Crippen LogP contribution in [0.25, 0.3) is 127 Å². The maximum atomic E-state index is 15.4. The van der Waals surface area contributed by atoms with Gasteiger partial charge >= 0.3 is 0 Å². The van der Waals surface area contributed by atoms with Gasteiger partial charge in [-0.2, -0.15) is 22.3 Å². The number of aromatic nitrogens is 3. The van der Waals surface area contributed by atoms with Crippen LogP contribution < -0.4 is 0 Å². The first kappa shape index (κ1) is 97.5. The summed E-state index contributed by atoms with van der Waals surface area (Å²) < 4.78 is 52.4. The van der Waals surface area contributed by atoms with E-state index in [1.165, 1.54) is 105 Å². The summed E-state index contributed by atoms with van der Waals surface area (Å²) in [6, 6.07) is 86.8. The molecule has 0 saturated heterocycles. The zero-order chi connectivity index (χ0) is 97.4. The third-order valence-corrected chi connectivity index (χ3v) is 31.7. The smallest absolute Gasteiger partial charge is 0.177 e. The molecule has 1 saturated carbocycles. The second-order valence-electron chi connectivity index (χ2n) is 45.7. The molecule has 5 nitrogen and oxygen atoms in total. The number of thioether (sulfide) groups is 4. The molecule has 0 N–H and O–H groups in total. The lowest BCUT2D eigenvalue weighted by molar-refractivity contribution is 0.405. The van der Waals surface area contributed by atoms with Crippen molar-refractivity contribution in [3.63, 3.8) is 0 Å². The van der Waals surface area contributed by atoms with Gasteiger partial charge in [0, 0.05) is 74.5 Å². The monoisotopic (exact) mass is 1860 g/mol. The lowest BCUT2D eigenvalue weighted by Gasteiger charge is -2.29. The molecule has 3 aromatic heterocycles. The van der Waals surface area contributed by atoms with Gasteiger partial charge in [-0.1, -0.05) is 275 Å². The first-order valence-electron chi connectivity index (χ1n) is 47.8. The molecule has 0 radical (unpaired) electrons. The second-order valence-corrected chi connectivity index (χ2v) is 49.5. The minimum absolute atomic E-state index is 0.110. The molecule has 18 rings (SSSR count). The lowest BCUT2D eigenvalue weighted by atomic mass is 9.81. The minimum atomic E-state index is -1.25. The molecule has 135 heavy (non-hydrogen) atoms. The number of nitrogens with zero attached hydrogens (tertiary/aromatic N) is 5. The van der Waals surface area contributed by atoms with E-state index in [1.807, 2.05) is 12.5 Å². The van der Waals surface area contributed by atoms with E-state index in [0.29, 0.717) is 29.2 Å². The Hall–Kier alpha value is -10.6. The highest BCUT2D eigenvalue weighted by Crippen LogP contribution is 2.55. The maximum Gasteiger partial charge on any atom is 0.177 e. The molecule has 0 amide bonds. The molecule has 16 aromatic rings. The van der Waals surface area contributed by atoms with Crippen LogP contribution in [0.4, 0.5) is 13.2 Å². The maximum absolute atomic E-state index is 15.4. The van der Waals surface area contributed by atoms with Gasteiger partial charge in [0.25, 0.3) is 0 Å². The summed E-state index contributed by atoms with van der Waals surface area (Å²) in [5.41, 5.74) is 29.2. The Morgan fingerprint density at radius 2 is 0.548 bits per heavy atom. The standard InChI is InChI=1S/C81H86N4S2.C21H20F3NS2.C21H26/c1-76(2,3)50-25-35-65-58(41-50)59-42-51(77(4,5)6)26-36-66(59)83(65)73-64(47-82)71(48-21-31-56(86-19)32-22-48)74(84-67-37-27-52(78(7,8)9)43-60(67)61-44-53(79(10,11)12)28-38-68(61)84)72(49-23-33-57(87-20)34-24-49)75(73)85-69-39-29-54(80(13,14)15)45-62(69)63-46-55(81(16,17)18)30-40-70(63)85;1-26-14-7-3-12(4-8-14)17-16(11-25)19(22)21(24)18(20(17)23)13-5-9-15(27-2)10-6-13;1-20(2,3)16-9-7-14-11-15-8-10-17(21(4,5)6)13-19(15)18(14)12-16/h21-46H,1-20H3;3-4,7-8,13,15H,5-6,9-10H2,1-2H3;7-10,12-13H,11H2,1-6H3. The number of rotatable bonds is 11. The zero-order valence-electron chi connectivity index (χ0n) is 84.5. The van der Waals surface area contributed by atoms with Crippen LogP contribution in [0.2, 0.25) is 0 Å². The molecule has 12 heteroatoms. The van der Waals surface area contributed by atoms with Crippen LogP contribution in [0.15, 0.2) is 233 Å². The fourth-order valence-electron chi connectivity index (χ4n) is 20.0. The normalized spacial score (nSPS) is 14.6. The number of nitriles is 2. The summed E-state index contributed by atoms with van der Waals surface area (Å²) >= 11 is 6.78. The largest absolute Gasteiger partial charge is 0.308 e. The molecule has 0 aliphatic heterocycles. The van der Waals surface area contributed by atoms with Gasteiger partial charge in [0.1, 0.15) is 23.5 Å². The van der Waals surface area contributed by atoms with Gasteiger partial charge in [-0.15, -0.1) is 35.3 Å². The second kappa shape index (κ2) is 36.4. The van der Waals surface area contributed by atoms with Gasteiger partial charge < -0.3 is 13.7 Å². The van der Waals surface area contributed by atoms with Crippen molar-refractivity contribution < 1.29 is 13.2 Å². The van der Waals surface area contributed by atoms with Crippen molar-refractivity contribution in [2.24, 2.45) is 0 Å². The van der Waals surface area contributed by atoms with Crippen LogP contribution in [-0.4, -0.2) is 44.0 Å². The number of hydrogen-bond donors (Lipinski definition) is 0. The molecular weight excluding hydrogens is 1730 g/mol. The van der Waals surface area contributed by atoms with Crippen molar-refractivity contribution in [3.05, 3.63) is 308 Å². The molecule has 0 spiro atoms. The Morgan fingerprint density at radius 1 is 0.281 bits per heavy atom. The Balaban J connectivity index is 0.000000222. The molecule has 3 heterocycles. The molecule has 1 fully saturated rings. The van der Waals surface area contributed by atoms with E-state index in [0.717, 1.165) is 112 Å². The Morgan fingerprint density at radius 3 is 0.830 bits per heavy atom. The predicted molar refractivity (Wildman–Crippen MR) is 580 cm³/mol. The van der Waals surface area contributed by atoms with Gasteiger partial charge in [0.15, 0.2) is 11.6 Å². The van der Waals surface area contributed by atoms with Gasteiger partial charge in [-0.3, -0.25) is 0 Å². The van der Waals surface area contributed by atoms with E-state index in [1.54, 1.807) is 65.6 Å². The van der Waals surface area contributed by atoms with Crippen molar-refractivity contribution in [1.82, 2.24) is 13.7 Å². The minimum Gasteiger partial charge on any atom is -0.308 e. The van der Waals surface area contributed by atoms with Crippen molar-refractivity contribution in [1.29, 1.82) is 10.5 Å². The van der Waals surface area contributed by atoms with E-state index in [2.05, 4.69) is 393 Å². The lowest BCUT2D eigenvalue weighted by Crippen LogP contribution is -2.18. The Bertz CT molecular complexity index is 7150. The van der Waals surface area contributed by atoms with E-state index in [-0.39, 0.29) is 60.4 Å². The highest BCUT2D eigenvalue weighted by Gasteiger charge is 2.39. The molecular formula is C123H132F3N5S4. The first-order chi connectivity index (χ1) is 63.5. The average molecular weight is 1870 g/mol. The SMILES string of the molecule is CC(C)(C)c1ccc2c(c1)-c1cc(C(C)(C)C)ccc1C2.CSc1ccc(-c2c(C#N)c(-n3c4ccc(C(C)(C)C)cc4c4cc(C(C)(C)C)ccc43)c(-n3c4ccc(C(C)(C)C)cc4c4cc(C(C)(C)C)ccc43)c(-c3ccc(SC)cc3)c2-n2c3ccc(C(C)(C)C)cc3c3cc(C(C)(C)C)ccc32)cc1.CSc1ccc(-c2c(F)c(C3CCC(SC)CC3)c(F)c(F)c2C#N)cc1. The van der Waals surface area contributed by atoms with E-state index >= 15 is 4.39 Å². The van der Waals surface area contributed by atoms with Crippen LogP contribution in [0.3, 0.4) is 0 Å². The van der Waals surface area contributed by atoms with E-state index < -0.39 is 23.0 Å². The Labute approximate surface area is 817 Å². The summed E-state index contributed by atoms with van der Waals surface area (Å²) in [6.07, 6.45) is 12.3. The Kier molecular flexibility index (Phi) is 26.3. The summed E-state index contributed by atoms with van der Waals surface area (Å²) in [4.78, 5) is 3.31. The number of halogens is 3. The topological polar surface area (TPSA) is 62.4 Å². The fourth-order valence-corrected chi connectivity index (χ4v) is 22.0. The van der Waals surface area contributed by atoms with Gasteiger partial charge in [0.05, 0.1) is 55.7 Å². The number of hydrogen-bond acceptors (Lipinski definition) is 6. The number of benzene rings is 13. The summed E-state index contributed by atoms with van der Waals surface area (Å²) in [5.74, 6) is -3.61. The van der Waals surface area contributed by atoms with Crippen LogP contribution in [0, 0.1) is 40.1 Å². The van der Waals surface area contributed by atoms with Gasteiger partial charge in [0.2, 0.25) is 0 Å². The van der Waals surface area contributed by atoms with Crippen molar-refractivity contribution in [2.75, 3.05) is 25.0 Å². The summed E-state index contributed by atoms with van der Waals surface area (Å²) in [7, 11) is 0. The van der Waals surface area contributed by atoms with Crippen molar-refractivity contribution in [3.8, 4) is 73.7 Å². The summed E-state index contributed by atoms with van der Waals surface area (Å²) in [5, 5.41) is 29.9. The highest BCUT2D eigenvalue weighted by molar-refractivity contribution is 7.99. The summed E-state index contributed by atoms with van der Waals surface area (Å²) in [6.45, 7) is 55.4. The molecule has 0 unspecified atom stereocenters. The molecule has 2 aliphatic carbocycles. The molecule has 13 aromatic carbocycles. The van der Waals surface area contributed by atoms with Crippen LogP contribution in [-0.2, 0) is 49.7 Å². The van der Waals surface area contributed by atoms with E-state index in [9.17, 15) is 19.3 Å². The number of fused-ring (bicyclic) bond motifs is 12. The molecule has 0 bridgehead atoms. The predicted octanol–water partition coefficient (Wildman–Crippen LogP) is 36.0. The average Bonchev–Trinajstić information content (AvgIpc) is 1.55. The van der Waals surface area contributed by atoms with Gasteiger partial charge in [-0.05, 0) is 299 Å². The molecule has 0 atom stereocenters. The van der Waals surface area contributed by atoms with Crippen molar-refractivity contribution in [2.45, 2.75) is 267 Å². The van der Waals surface area contributed by atoms with Crippen LogP contribution >= 0.6 is 47.0 Å². The third-order valence-electron chi connectivity index (χ3n) is 28.3. The quantitative estimate of drug-likeness (QED) is 0.0950. The molecule has 2 aliphatic rings. The highest BCUT2D eigenvalue weighted by atomic mass is 32.2. The first-order valence-corrected chi connectivity index (χ1v) is 52.7. The van der Waals surface area contributed by atoms with Crippen LogP contribution in [0.1, 0.15) is 270 Å².